The molecule has 0 saturated carbocycles. The van der Waals surface area contributed by atoms with Gasteiger partial charge in [-0.15, -0.1) is 0 Å². The molecule has 15 nitrogen and oxygen atoms in total. The van der Waals surface area contributed by atoms with E-state index in [1.807, 2.05) is 0 Å². The summed E-state index contributed by atoms with van der Waals surface area (Å²) in [6, 6.07) is -3.31. The molecule has 0 saturated heterocycles. The van der Waals surface area contributed by atoms with E-state index >= 15 is 0 Å². The summed E-state index contributed by atoms with van der Waals surface area (Å²) in [6.07, 6.45) is 8.91. The SMILES string of the molecule is NC(Cc1cnc[nH]1)C(=O)NCC(=O)NC(Cc1cnc[nH]1)C(=O)NC(Cc1cnc[nH]1)C(=O)O. The predicted octanol–water partition coefficient (Wildman–Crippen LogP) is -2.62. The molecular formula is C20H26N10O5. The Morgan fingerprint density at radius 3 is 1.80 bits per heavy atom. The van der Waals surface area contributed by atoms with Crippen LogP contribution < -0.4 is 21.7 Å². The van der Waals surface area contributed by atoms with E-state index in [1.165, 1.54) is 37.6 Å². The lowest BCUT2D eigenvalue weighted by Crippen LogP contribution is -2.55. The number of carboxylic acids is 1. The van der Waals surface area contributed by atoms with Gasteiger partial charge in [0.05, 0.1) is 31.6 Å². The van der Waals surface area contributed by atoms with Crippen molar-refractivity contribution in [1.29, 1.82) is 0 Å². The van der Waals surface area contributed by atoms with Crippen molar-refractivity contribution in [2.75, 3.05) is 6.54 Å². The molecule has 0 spiro atoms. The number of amides is 3. The van der Waals surface area contributed by atoms with Crippen LogP contribution in [0.4, 0.5) is 0 Å². The monoisotopic (exact) mass is 486 g/mol. The number of rotatable bonds is 13. The molecule has 0 aromatic carbocycles. The van der Waals surface area contributed by atoms with Gasteiger partial charge in [-0.2, -0.15) is 0 Å². The molecule has 9 N–H and O–H groups in total. The molecule has 15 heteroatoms. The molecule has 3 amide bonds. The fourth-order valence-electron chi connectivity index (χ4n) is 3.18. The van der Waals surface area contributed by atoms with Crippen LogP contribution >= 0.6 is 0 Å². The number of imidazole rings is 3. The molecule has 3 atom stereocenters. The third-order valence-corrected chi connectivity index (χ3v) is 4.98. The summed E-state index contributed by atoms with van der Waals surface area (Å²) < 4.78 is 0. The summed E-state index contributed by atoms with van der Waals surface area (Å²) in [5.41, 5.74) is 7.56. The van der Waals surface area contributed by atoms with E-state index in [2.05, 4.69) is 45.9 Å². The minimum absolute atomic E-state index is 0.0151. The maximum absolute atomic E-state index is 12.9. The smallest absolute Gasteiger partial charge is 0.326 e. The van der Waals surface area contributed by atoms with Crippen molar-refractivity contribution in [3.63, 3.8) is 0 Å². The first-order chi connectivity index (χ1) is 16.8. The number of aliphatic carboxylic acids is 1. The van der Waals surface area contributed by atoms with Gasteiger partial charge in [0.25, 0.3) is 0 Å². The Balaban J connectivity index is 1.58. The summed E-state index contributed by atoms with van der Waals surface area (Å²) in [6.45, 7) is -0.432. The largest absolute Gasteiger partial charge is 0.480 e. The third kappa shape index (κ3) is 7.78. The number of hydrogen-bond acceptors (Lipinski definition) is 8. The van der Waals surface area contributed by atoms with Gasteiger partial charge >= 0.3 is 5.97 Å². The van der Waals surface area contributed by atoms with Gasteiger partial charge in [-0.05, 0) is 0 Å². The predicted molar refractivity (Wildman–Crippen MR) is 119 cm³/mol. The number of aromatic amines is 3. The van der Waals surface area contributed by atoms with Crippen molar-refractivity contribution in [1.82, 2.24) is 45.9 Å². The van der Waals surface area contributed by atoms with Crippen LogP contribution in [0, 0.1) is 0 Å². The highest BCUT2D eigenvalue weighted by Crippen LogP contribution is 2.03. The first kappa shape index (κ1) is 25.1. The van der Waals surface area contributed by atoms with Gasteiger partial charge in [-0.25, -0.2) is 19.7 Å². The van der Waals surface area contributed by atoms with Gasteiger partial charge in [-0.1, -0.05) is 0 Å². The molecule has 3 heterocycles. The van der Waals surface area contributed by atoms with Gasteiger partial charge in [-0.3, -0.25) is 14.4 Å². The van der Waals surface area contributed by atoms with E-state index in [0.717, 1.165) is 0 Å². The zero-order valence-electron chi connectivity index (χ0n) is 18.5. The minimum Gasteiger partial charge on any atom is -0.480 e. The summed E-state index contributed by atoms with van der Waals surface area (Å²) >= 11 is 0. The Labute approximate surface area is 198 Å². The summed E-state index contributed by atoms with van der Waals surface area (Å²) in [5, 5.41) is 16.9. The van der Waals surface area contributed by atoms with Crippen LogP contribution in [0.25, 0.3) is 0 Å². The maximum Gasteiger partial charge on any atom is 0.326 e. The van der Waals surface area contributed by atoms with E-state index in [4.69, 9.17) is 5.73 Å². The molecular weight excluding hydrogens is 460 g/mol. The molecule has 3 aromatic rings. The summed E-state index contributed by atoms with van der Waals surface area (Å²) in [4.78, 5) is 69.3. The Bertz CT molecular complexity index is 1100. The number of nitrogens with zero attached hydrogens (tertiary/aromatic N) is 3. The summed E-state index contributed by atoms with van der Waals surface area (Å²) in [5.74, 6) is -3.19. The van der Waals surface area contributed by atoms with Crippen LogP contribution in [0.15, 0.2) is 37.6 Å². The number of nitrogens with two attached hydrogens (primary N) is 1. The number of carboxylic acid groups (broad SMARTS) is 1. The third-order valence-electron chi connectivity index (χ3n) is 4.98. The average molecular weight is 486 g/mol. The van der Waals surface area contributed by atoms with E-state index in [-0.39, 0.29) is 19.3 Å². The second-order valence-electron chi connectivity index (χ2n) is 7.69. The van der Waals surface area contributed by atoms with Crippen molar-refractivity contribution in [3.05, 3.63) is 54.7 Å². The molecule has 0 radical (unpaired) electrons. The maximum atomic E-state index is 12.9. The van der Waals surface area contributed by atoms with Crippen LogP contribution in [0.2, 0.25) is 0 Å². The lowest BCUT2D eigenvalue weighted by atomic mass is 10.1. The topological polar surface area (TPSA) is 237 Å². The standard InChI is InChI=1S/C20H26N10O5/c21-14(1-11-4-22-8-26-11)18(32)25-7-17(31)29-15(2-12-5-23-9-27-12)19(33)30-16(20(34)35)3-13-6-24-10-28-13/h4-6,8-10,14-16H,1-3,7,21H2,(H,22,26)(H,23,27)(H,24,28)(H,25,32)(H,29,31)(H,30,33)(H,34,35). The van der Waals surface area contributed by atoms with Gasteiger partial charge < -0.3 is 41.7 Å². The molecule has 0 aliphatic rings. The Morgan fingerprint density at radius 2 is 1.31 bits per heavy atom. The van der Waals surface area contributed by atoms with Gasteiger partial charge in [0.2, 0.25) is 17.7 Å². The first-order valence-corrected chi connectivity index (χ1v) is 10.6. The minimum atomic E-state index is -1.26. The normalized spacial score (nSPS) is 13.4. The van der Waals surface area contributed by atoms with Crippen LogP contribution in [0.3, 0.4) is 0 Å². The van der Waals surface area contributed by atoms with E-state index in [9.17, 15) is 24.3 Å². The number of carbonyl (C=O) groups is 4. The lowest BCUT2D eigenvalue weighted by molar-refractivity contribution is -0.142. The zero-order valence-corrected chi connectivity index (χ0v) is 18.5. The van der Waals surface area contributed by atoms with Crippen molar-refractivity contribution >= 4 is 23.7 Å². The lowest BCUT2D eigenvalue weighted by Gasteiger charge is -2.21. The molecule has 35 heavy (non-hydrogen) atoms. The van der Waals surface area contributed by atoms with E-state index in [0.29, 0.717) is 17.1 Å². The van der Waals surface area contributed by atoms with Crippen molar-refractivity contribution in [2.24, 2.45) is 5.73 Å². The van der Waals surface area contributed by atoms with Crippen LogP contribution in [0.5, 0.6) is 0 Å². The van der Waals surface area contributed by atoms with Crippen LogP contribution in [0.1, 0.15) is 17.1 Å². The van der Waals surface area contributed by atoms with Crippen molar-refractivity contribution < 1.29 is 24.3 Å². The highest BCUT2D eigenvalue weighted by atomic mass is 16.4. The second kappa shape index (κ2) is 12.1. The number of hydrogen-bond donors (Lipinski definition) is 8. The molecule has 0 fully saturated rings. The number of aromatic nitrogens is 6. The first-order valence-electron chi connectivity index (χ1n) is 10.6. The van der Waals surface area contributed by atoms with Crippen LogP contribution in [-0.2, 0) is 38.4 Å². The Morgan fingerprint density at radius 1 is 0.800 bits per heavy atom. The Hall–Kier alpha value is -4.53. The summed E-state index contributed by atoms with van der Waals surface area (Å²) in [7, 11) is 0. The number of carbonyl (C=O) groups excluding carboxylic acids is 3. The van der Waals surface area contributed by atoms with Crippen LogP contribution in [-0.4, -0.2) is 83.4 Å². The van der Waals surface area contributed by atoms with E-state index in [1.54, 1.807) is 0 Å². The highest BCUT2D eigenvalue weighted by molar-refractivity contribution is 5.92. The Kier molecular flexibility index (Phi) is 8.66. The van der Waals surface area contributed by atoms with Crippen molar-refractivity contribution in [2.45, 2.75) is 37.4 Å². The molecule has 3 aromatic heterocycles. The fourth-order valence-corrected chi connectivity index (χ4v) is 3.18. The van der Waals surface area contributed by atoms with Gasteiger partial charge in [0, 0.05) is 54.9 Å². The number of H-pyrrole nitrogens is 3. The molecule has 186 valence electrons. The molecule has 0 aliphatic carbocycles. The molecule has 0 aliphatic heterocycles. The molecule has 0 bridgehead atoms. The van der Waals surface area contributed by atoms with Gasteiger partial charge in [0.15, 0.2) is 0 Å². The van der Waals surface area contributed by atoms with E-state index < -0.39 is 48.4 Å². The second-order valence-corrected chi connectivity index (χ2v) is 7.69. The fraction of sp³-hybridized carbons (Fsp3) is 0.350. The quantitative estimate of drug-likeness (QED) is 0.126. The number of nitrogens with one attached hydrogen (secondary N) is 6. The highest BCUT2D eigenvalue weighted by Gasteiger charge is 2.28. The zero-order chi connectivity index (χ0) is 25.2. The van der Waals surface area contributed by atoms with Crippen molar-refractivity contribution in [3.8, 4) is 0 Å². The molecule has 3 rings (SSSR count). The van der Waals surface area contributed by atoms with Gasteiger partial charge in [0.1, 0.15) is 12.1 Å². The molecule has 3 unspecified atom stereocenters. The average Bonchev–Trinajstić information content (AvgIpc) is 3.60.